The fourth-order valence-corrected chi connectivity index (χ4v) is 5.34. The molecule has 0 radical (unpaired) electrons. The van der Waals surface area contributed by atoms with E-state index in [1.54, 1.807) is 18.4 Å². The Kier molecular flexibility index (Phi) is 5.47. The van der Waals surface area contributed by atoms with Gasteiger partial charge in [-0.05, 0) is 49.2 Å². The first kappa shape index (κ1) is 19.7. The largest absolute Gasteiger partial charge is 0.469 e. The number of piperidine rings is 1. The average Bonchev–Trinajstić information content (AvgIpc) is 3.38. The molecule has 0 atom stereocenters. The lowest BCUT2D eigenvalue weighted by atomic mass is 9.97. The molecule has 0 bridgehead atoms. The third-order valence-electron chi connectivity index (χ3n) is 5.57. The smallest absolute Gasteiger partial charge is 0.243 e. The molecule has 0 spiro atoms. The normalized spacial score (nSPS) is 16.3. The molecule has 154 valence electrons. The predicted octanol–water partition coefficient (Wildman–Crippen LogP) is 2.53. The van der Waals surface area contributed by atoms with Crippen LogP contribution in [0.4, 0.5) is 0 Å². The molecule has 2 aromatic heterocycles. The second-order valence-corrected chi connectivity index (χ2v) is 9.38. The summed E-state index contributed by atoms with van der Waals surface area (Å²) in [7, 11) is -1.63. The maximum Gasteiger partial charge on any atom is 0.243 e. The Bertz CT molecular complexity index is 1090. The molecule has 1 aromatic carbocycles. The average molecular weight is 416 g/mol. The number of carbonyl (C=O) groups is 1. The molecular formula is C21H25N3O4S. The first-order valence-corrected chi connectivity index (χ1v) is 11.2. The number of nitrogens with one attached hydrogen (secondary N) is 1. The van der Waals surface area contributed by atoms with Crippen LogP contribution in [0.25, 0.3) is 10.9 Å². The molecular weight excluding hydrogens is 390 g/mol. The van der Waals surface area contributed by atoms with E-state index in [4.69, 9.17) is 4.42 Å². The van der Waals surface area contributed by atoms with Gasteiger partial charge in [-0.2, -0.15) is 4.31 Å². The Balaban J connectivity index is 1.34. The van der Waals surface area contributed by atoms with E-state index in [-0.39, 0.29) is 11.8 Å². The molecule has 1 aliphatic rings. The Morgan fingerprint density at radius 3 is 2.72 bits per heavy atom. The molecule has 29 heavy (non-hydrogen) atoms. The maximum absolute atomic E-state index is 13.0. The van der Waals surface area contributed by atoms with Crippen molar-refractivity contribution in [3.63, 3.8) is 0 Å². The number of amides is 1. The molecule has 3 heterocycles. The molecule has 1 saturated heterocycles. The second kappa shape index (κ2) is 8.04. The summed E-state index contributed by atoms with van der Waals surface area (Å²) in [6.45, 7) is 1.22. The van der Waals surface area contributed by atoms with Crippen LogP contribution >= 0.6 is 0 Å². The van der Waals surface area contributed by atoms with Crippen molar-refractivity contribution in [1.82, 2.24) is 14.2 Å². The van der Waals surface area contributed by atoms with Gasteiger partial charge in [-0.3, -0.25) is 4.79 Å². The van der Waals surface area contributed by atoms with Crippen molar-refractivity contribution >= 4 is 26.8 Å². The van der Waals surface area contributed by atoms with Gasteiger partial charge in [-0.15, -0.1) is 0 Å². The highest BCUT2D eigenvalue weighted by Gasteiger charge is 2.32. The summed E-state index contributed by atoms with van der Waals surface area (Å²) < 4.78 is 34.8. The van der Waals surface area contributed by atoms with Crippen LogP contribution in [0, 0.1) is 5.92 Å². The number of hydrogen-bond acceptors (Lipinski definition) is 4. The quantitative estimate of drug-likeness (QED) is 0.671. The number of rotatable bonds is 6. The third kappa shape index (κ3) is 4.09. The summed E-state index contributed by atoms with van der Waals surface area (Å²) in [5.41, 5.74) is 0.994. The topological polar surface area (TPSA) is 84.5 Å². The predicted molar refractivity (Wildman–Crippen MR) is 110 cm³/mol. The van der Waals surface area contributed by atoms with E-state index in [1.807, 2.05) is 42.1 Å². The van der Waals surface area contributed by atoms with Gasteiger partial charge in [-0.1, -0.05) is 0 Å². The number of benzene rings is 1. The van der Waals surface area contributed by atoms with Crippen molar-refractivity contribution < 1.29 is 17.6 Å². The fraction of sp³-hybridized carbons (Fsp3) is 0.381. The number of furan rings is 1. The van der Waals surface area contributed by atoms with E-state index in [2.05, 4.69) is 5.32 Å². The summed E-state index contributed by atoms with van der Waals surface area (Å²) >= 11 is 0. The number of carbonyl (C=O) groups excluding carboxylic acids is 1. The first-order valence-electron chi connectivity index (χ1n) is 9.80. The lowest BCUT2D eigenvalue weighted by molar-refractivity contribution is -0.126. The second-order valence-electron chi connectivity index (χ2n) is 7.45. The summed E-state index contributed by atoms with van der Waals surface area (Å²) in [5, 5.41) is 3.83. The summed E-state index contributed by atoms with van der Waals surface area (Å²) in [4.78, 5) is 12.7. The van der Waals surface area contributed by atoms with Crippen molar-refractivity contribution in [2.24, 2.45) is 13.0 Å². The van der Waals surface area contributed by atoms with Crippen LogP contribution in [0.3, 0.4) is 0 Å². The maximum atomic E-state index is 13.0. The zero-order valence-corrected chi connectivity index (χ0v) is 17.2. The summed E-state index contributed by atoms with van der Waals surface area (Å²) in [6.07, 6.45) is 5.23. The van der Waals surface area contributed by atoms with Crippen LogP contribution in [-0.2, 0) is 28.3 Å². The fourth-order valence-electron chi connectivity index (χ4n) is 3.84. The SMILES string of the molecule is Cn1ccc2cc(S(=O)(=O)N3CCC(C(=O)NCCc4ccco4)CC3)ccc21. The van der Waals surface area contributed by atoms with Crippen molar-refractivity contribution in [1.29, 1.82) is 0 Å². The monoisotopic (exact) mass is 415 g/mol. The highest BCUT2D eigenvalue weighted by molar-refractivity contribution is 7.89. The van der Waals surface area contributed by atoms with Gasteiger partial charge in [0.2, 0.25) is 15.9 Å². The van der Waals surface area contributed by atoms with Gasteiger partial charge in [0.25, 0.3) is 0 Å². The number of aromatic nitrogens is 1. The van der Waals surface area contributed by atoms with Crippen molar-refractivity contribution in [2.75, 3.05) is 19.6 Å². The van der Waals surface area contributed by atoms with E-state index in [1.165, 1.54) is 4.31 Å². The van der Waals surface area contributed by atoms with Gasteiger partial charge >= 0.3 is 0 Å². The number of aryl methyl sites for hydroxylation is 1. The van der Waals surface area contributed by atoms with Gasteiger partial charge in [0, 0.05) is 56.1 Å². The van der Waals surface area contributed by atoms with Crippen LogP contribution in [0.15, 0.2) is 58.2 Å². The molecule has 1 amide bonds. The van der Waals surface area contributed by atoms with Gasteiger partial charge in [-0.25, -0.2) is 8.42 Å². The van der Waals surface area contributed by atoms with Crippen LogP contribution in [0.1, 0.15) is 18.6 Å². The summed E-state index contributed by atoms with van der Waals surface area (Å²) in [6, 6.07) is 10.8. The minimum atomic E-state index is -3.56. The first-order chi connectivity index (χ1) is 13.9. The summed E-state index contributed by atoms with van der Waals surface area (Å²) in [5.74, 6) is 0.663. The Morgan fingerprint density at radius 1 is 1.21 bits per heavy atom. The number of sulfonamides is 1. The van der Waals surface area contributed by atoms with Crippen molar-refractivity contribution in [2.45, 2.75) is 24.2 Å². The lowest BCUT2D eigenvalue weighted by Gasteiger charge is -2.30. The number of fused-ring (bicyclic) bond motifs is 1. The highest BCUT2D eigenvalue weighted by atomic mass is 32.2. The third-order valence-corrected chi connectivity index (χ3v) is 7.46. The van der Waals surface area contributed by atoms with Crippen LogP contribution in [0.5, 0.6) is 0 Å². The van der Waals surface area contributed by atoms with Crippen molar-refractivity contribution in [3.05, 3.63) is 54.6 Å². The standard InChI is InChI=1S/C21H25N3O4S/c1-23-11-7-17-15-19(4-5-20(17)23)29(26,27)24-12-8-16(9-13-24)21(25)22-10-6-18-3-2-14-28-18/h2-5,7,11,14-16H,6,8-10,12-13H2,1H3,(H,22,25). The molecule has 1 aliphatic heterocycles. The highest BCUT2D eigenvalue weighted by Crippen LogP contribution is 2.26. The van der Waals surface area contributed by atoms with Gasteiger partial charge < -0.3 is 14.3 Å². The van der Waals surface area contributed by atoms with E-state index in [9.17, 15) is 13.2 Å². The zero-order chi connectivity index (χ0) is 20.4. The van der Waals surface area contributed by atoms with Crippen LogP contribution in [0.2, 0.25) is 0 Å². The van der Waals surface area contributed by atoms with Crippen LogP contribution in [-0.4, -0.2) is 42.8 Å². The minimum absolute atomic E-state index is 0.0145. The molecule has 7 nitrogen and oxygen atoms in total. The molecule has 0 saturated carbocycles. The molecule has 1 fully saturated rings. The number of hydrogen-bond donors (Lipinski definition) is 1. The van der Waals surface area contributed by atoms with E-state index in [0.29, 0.717) is 43.8 Å². The molecule has 1 N–H and O–H groups in total. The van der Waals surface area contributed by atoms with E-state index < -0.39 is 10.0 Å². The lowest BCUT2D eigenvalue weighted by Crippen LogP contribution is -2.43. The van der Waals surface area contributed by atoms with Gasteiger partial charge in [0.05, 0.1) is 11.2 Å². The Labute approximate surface area is 170 Å². The van der Waals surface area contributed by atoms with Gasteiger partial charge in [0.15, 0.2) is 0 Å². The minimum Gasteiger partial charge on any atom is -0.469 e. The zero-order valence-electron chi connectivity index (χ0n) is 16.4. The Morgan fingerprint density at radius 2 is 2.00 bits per heavy atom. The van der Waals surface area contributed by atoms with Crippen LogP contribution < -0.4 is 5.32 Å². The van der Waals surface area contributed by atoms with Gasteiger partial charge in [0.1, 0.15) is 5.76 Å². The van der Waals surface area contributed by atoms with E-state index >= 15 is 0 Å². The van der Waals surface area contributed by atoms with E-state index in [0.717, 1.165) is 16.7 Å². The molecule has 3 aromatic rings. The molecule has 4 rings (SSSR count). The molecule has 8 heteroatoms. The number of nitrogens with zero attached hydrogens (tertiary/aromatic N) is 2. The molecule has 0 aliphatic carbocycles. The molecule has 0 unspecified atom stereocenters. The van der Waals surface area contributed by atoms with Crippen molar-refractivity contribution in [3.8, 4) is 0 Å². The Hall–Kier alpha value is -2.58.